The Bertz CT molecular complexity index is 833. The van der Waals surface area contributed by atoms with Crippen molar-refractivity contribution in [1.29, 1.82) is 0 Å². The third-order valence-electron chi connectivity index (χ3n) is 4.31. The van der Waals surface area contributed by atoms with Gasteiger partial charge in [0.25, 0.3) is 5.91 Å². The molecule has 0 bridgehead atoms. The van der Waals surface area contributed by atoms with E-state index in [1.54, 1.807) is 28.4 Å². The SMILES string of the molecule is CC1CN(C(=O)c2ccc(S(=O)(=O)NCCc3cccs3)cc2)CCN1. The number of hydrogen-bond donors (Lipinski definition) is 2. The first-order chi connectivity index (χ1) is 12.5. The van der Waals surface area contributed by atoms with Crippen LogP contribution in [0.4, 0.5) is 0 Å². The smallest absolute Gasteiger partial charge is 0.253 e. The van der Waals surface area contributed by atoms with Gasteiger partial charge in [0.1, 0.15) is 0 Å². The number of hydrogen-bond acceptors (Lipinski definition) is 5. The van der Waals surface area contributed by atoms with Gasteiger partial charge in [-0.2, -0.15) is 0 Å². The van der Waals surface area contributed by atoms with Crippen LogP contribution < -0.4 is 10.0 Å². The summed E-state index contributed by atoms with van der Waals surface area (Å²) in [5.41, 5.74) is 0.511. The second-order valence-electron chi connectivity index (χ2n) is 6.36. The van der Waals surface area contributed by atoms with Gasteiger partial charge in [-0.1, -0.05) is 6.07 Å². The van der Waals surface area contributed by atoms with Crippen LogP contribution in [0.3, 0.4) is 0 Å². The number of benzene rings is 1. The topological polar surface area (TPSA) is 78.5 Å². The molecule has 1 amide bonds. The molecule has 1 aromatic heterocycles. The molecule has 1 atom stereocenters. The van der Waals surface area contributed by atoms with Gasteiger partial charge in [-0.05, 0) is 49.1 Å². The number of carbonyl (C=O) groups excluding carboxylic acids is 1. The minimum atomic E-state index is -3.57. The number of nitrogens with one attached hydrogen (secondary N) is 2. The van der Waals surface area contributed by atoms with Crippen LogP contribution in [0, 0.1) is 0 Å². The Morgan fingerprint density at radius 1 is 1.31 bits per heavy atom. The summed E-state index contributed by atoms with van der Waals surface area (Å²) in [6.45, 7) is 4.48. The van der Waals surface area contributed by atoms with Crippen molar-refractivity contribution in [3.63, 3.8) is 0 Å². The summed E-state index contributed by atoms with van der Waals surface area (Å²) >= 11 is 1.61. The van der Waals surface area contributed by atoms with Crippen molar-refractivity contribution >= 4 is 27.3 Å². The van der Waals surface area contributed by atoms with Crippen molar-refractivity contribution in [3.05, 3.63) is 52.2 Å². The third-order valence-corrected chi connectivity index (χ3v) is 6.72. The van der Waals surface area contributed by atoms with Crippen molar-refractivity contribution in [1.82, 2.24) is 14.9 Å². The molecule has 6 nitrogen and oxygen atoms in total. The Morgan fingerprint density at radius 3 is 2.73 bits per heavy atom. The first-order valence-corrected chi connectivity index (χ1v) is 11.0. The molecule has 1 aromatic carbocycles. The lowest BCUT2D eigenvalue weighted by atomic mass is 10.1. The van der Waals surface area contributed by atoms with Gasteiger partial charge in [-0.15, -0.1) is 11.3 Å². The number of carbonyl (C=O) groups is 1. The standard InChI is InChI=1S/C18H23N3O3S2/c1-14-13-21(11-10-19-14)18(22)15-4-6-17(7-5-15)26(23,24)20-9-8-16-3-2-12-25-16/h2-7,12,14,19-20H,8-11,13H2,1H3. The van der Waals surface area contributed by atoms with E-state index in [4.69, 9.17) is 0 Å². The van der Waals surface area contributed by atoms with E-state index < -0.39 is 10.0 Å². The predicted octanol–water partition coefficient (Wildman–Crippen LogP) is 1.70. The molecule has 2 aromatic rings. The summed E-state index contributed by atoms with van der Waals surface area (Å²) in [6.07, 6.45) is 0.661. The van der Waals surface area contributed by atoms with Crippen molar-refractivity contribution in [2.75, 3.05) is 26.2 Å². The van der Waals surface area contributed by atoms with Crippen molar-refractivity contribution in [3.8, 4) is 0 Å². The molecule has 8 heteroatoms. The number of thiophene rings is 1. The highest BCUT2D eigenvalue weighted by Crippen LogP contribution is 2.14. The van der Waals surface area contributed by atoms with E-state index in [1.165, 1.54) is 12.1 Å². The molecule has 1 aliphatic heterocycles. The summed E-state index contributed by atoms with van der Waals surface area (Å²) in [6, 6.07) is 10.4. The Balaban J connectivity index is 1.61. The van der Waals surface area contributed by atoms with E-state index in [0.29, 0.717) is 31.6 Å². The summed E-state index contributed by atoms with van der Waals surface area (Å²) in [5, 5.41) is 5.27. The number of nitrogens with zero attached hydrogens (tertiary/aromatic N) is 1. The van der Waals surface area contributed by atoms with Crippen LogP contribution in [0.15, 0.2) is 46.7 Å². The van der Waals surface area contributed by atoms with Gasteiger partial charge in [-0.3, -0.25) is 4.79 Å². The quantitative estimate of drug-likeness (QED) is 0.783. The Morgan fingerprint density at radius 2 is 2.08 bits per heavy atom. The molecule has 1 aliphatic rings. The summed E-state index contributed by atoms with van der Waals surface area (Å²) in [4.78, 5) is 15.7. The lowest BCUT2D eigenvalue weighted by Crippen LogP contribution is -2.51. The van der Waals surface area contributed by atoms with E-state index >= 15 is 0 Å². The van der Waals surface area contributed by atoms with Crippen LogP contribution in [0.1, 0.15) is 22.2 Å². The fraction of sp³-hybridized carbons (Fsp3) is 0.389. The average Bonchev–Trinajstić information content (AvgIpc) is 3.14. The minimum absolute atomic E-state index is 0.0621. The molecule has 2 heterocycles. The molecule has 2 N–H and O–H groups in total. The monoisotopic (exact) mass is 393 g/mol. The Hall–Kier alpha value is -1.74. The molecule has 1 fully saturated rings. The average molecular weight is 394 g/mol. The minimum Gasteiger partial charge on any atom is -0.336 e. The molecule has 3 rings (SSSR count). The highest BCUT2D eigenvalue weighted by molar-refractivity contribution is 7.89. The highest BCUT2D eigenvalue weighted by Gasteiger charge is 2.22. The first kappa shape index (κ1) is 19.0. The van der Waals surface area contributed by atoms with Crippen LogP contribution in [0.2, 0.25) is 0 Å². The molecule has 0 radical (unpaired) electrons. The normalized spacial score (nSPS) is 18.0. The molecular formula is C18H23N3O3S2. The molecule has 1 saturated heterocycles. The number of sulfonamides is 1. The van der Waals surface area contributed by atoms with E-state index in [1.807, 2.05) is 24.4 Å². The van der Waals surface area contributed by atoms with Gasteiger partial charge < -0.3 is 10.2 Å². The zero-order valence-corrected chi connectivity index (χ0v) is 16.3. The van der Waals surface area contributed by atoms with Gasteiger partial charge in [0.05, 0.1) is 4.90 Å². The predicted molar refractivity (Wildman–Crippen MR) is 103 cm³/mol. The van der Waals surface area contributed by atoms with Crippen LogP contribution in [-0.2, 0) is 16.4 Å². The molecule has 0 saturated carbocycles. The number of rotatable bonds is 6. The van der Waals surface area contributed by atoms with E-state index in [9.17, 15) is 13.2 Å². The van der Waals surface area contributed by atoms with Gasteiger partial charge in [-0.25, -0.2) is 13.1 Å². The Kier molecular flexibility index (Phi) is 6.08. The zero-order valence-electron chi connectivity index (χ0n) is 14.6. The highest BCUT2D eigenvalue weighted by atomic mass is 32.2. The Labute approximate surface area is 158 Å². The molecular weight excluding hydrogens is 370 g/mol. The molecule has 1 unspecified atom stereocenters. The maximum Gasteiger partial charge on any atom is 0.253 e. The number of piperazine rings is 1. The van der Waals surface area contributed by atoms with Gasteiger partial charge in [0.15, 0.2) is 0 Å². The van der Waals surface area contributed by atoms with Gasteiger partial charge >= 0.3 is 0 Å². The van der Waals surface area contributed by atoms with Gasteiger partial charge in [0, 0.05) is 42.7 Å². The second-order valence-corrected chi connectivity index (χ2v) is 9.16. The maximum absolute atomic E-state index is 12.5. The van der Waals surface area contributed by atoms with Crippen molar-refractivity contribution in [2.24, 2.45) is 0 Å². The lowest BCUT2D eigenvalue weighted by molar-refractivity contribution is 0.0709. The van der Waals surface area contributed by atoms with E-state index in [-0.39, 0.29) is 16.8 Å². The molecule has 26 heavy (non-hydrogen) atoms. The van der Waals surface area contributed by atoms with E-state index in [2.05, 4.69) is 10.0 Å². The summed E-state index contributed by atoms with van der Waals surface area (Å²) in [5.74, 6) is -0.0621. The van der Waals surface area contributed by atoms with Crippen LogP contribution in [0.25, 0.3) is 0 Å². The molecule has 0 aliphatic carbocycles. The summed E-state index contributed by atoms with van der Waals surface area (Å²) < 4.78 is 27.4. The van der Waals surface area contributed by atoms with Crippen molar-refractivity contribution in [2.45, 2.75) is 24.3 Å². The zero-order chi connectivity index (χ0) is 18.6. The van der Waals surface area contributed by atoms with Crippen molar-refractivity contribution < 1.29 is 13.2 Å². The fourth-order valence-corrected chi connectivity index (χ4v) is 4.66. The molecule has 140 valence electrons. The van der Waals surface area contributed by atoms with Crippen LogP contribution >= 0.6 is 11.3 Å². The third kappa shape index (κ3) is 4.70. The molecule has 0 spiro atoms. The number of amides is 1. The largest absolute Gasteiger partial charge is 0.336 e. The second kappa shape index (κ2) is 8.30. The van der Waals surface area contributed by atoms with E-state index in [0.717, 1.165) is 11.4 Å². The lowest BCUT2D eigenvalue weighted by Gasteiger charge is -2.32. The van der Waals surface area contributed by atoms with Gasteiger partial charge in [0.2, 0.25) is 10.0 Å². The van der Waals surface area contributed by atoms with Crippen LogP contribution in [-0.4, -0.2) is 51.4 Å². The first-order valence-electron chi connectivity index (χ1n) is 8.60. The summed E-state index contributed by atoms with van der Waals surface area (Å²) in [7, 11) is -3.57. The fourth-order valence-electron chi connectivity index (χ4n) is 2.92. The van der Waals surface area contributed by atoms with Crippen LogP contribution in [0.5, 0.6) is 0 Å². The maximum atomic E-state index is 12.5.